The lowest BCUT2D eigenvalue weighted by molar-refractivity contribution is 0.0914. The van der Waals surface area contributed by atoms with Gasteiger partial charge in [0.2, 0.25) is 0 Å². The first kappa shape index (κ1) is 20.0. The molecule has 7 heteroatoms. The predicted octanol–water partition coefficient (Wildman–Crippen LogP) is 2.07. The van der Waals surface area contributed by atoms with Crippen LogP contribution >= 0.6 is 0 Å². The lowest BCUT2D eigenvalue weighted by Crippen LogP contribution is -2.53. The zero-order chi connectivity index (χ0) is 18.8. The van der Waals surface area contributed by atoms with Crippen molar-refractivity contribution in [1.29, 1.82) is 0 Å². The van der Waals surface area contributed by atoms with Crippen LogP contribution in [0.15, 0.2) is 29.3 Å². The molecule has 1 aromatic rings. The summed E-state index contributed by atoms with van der Waals surface area (Å²) in [6, 6.07) is 8.30. The molecule has 1 amide bonds. The van der Waals surface area contributed by atoms with Gasteiger partial charge in [0.15, 0.2) is 5.96 Å². The Labute approximate surface area is 156 Å². The highest BCUT2D eigenvalue weighted by atomic mass is 16.6. The standard InChI is InChI=1S/C19H30N4O3/c1-4-20-18(21-14-16-6-8-17(9-7-16)15-25-3)22-10-12-23(13-11-22)19(24)26-5-2/h6-9H,4-5,10-15H2,1-3H3,(H,20,21). The van der Waals surface area contributed by atoms with Crippen molar-refractivity contribution < 1.29 is 14.3 Å². The Balaban J connectivity index is 1.93. The molecule has 1 aromatic carbocycles. The fourth-order valence-corrected chi connectivity index (χ4v) is 2.82. The number of hydrogen-bond donors (Lipinski definition) is 1. The second kappa shape index (κ2) is 10.7. The molecule has 0 atom stereocenters. The predicted molar refractivity (Wildman–Crippen MR) is 102 cm³/mol. The van der Waals surface area contributed by atoms with Crippen molar-refractivity contribution in [2.75, 3.05) is 46.4 Å². The van der Waals surface area contributed by atoms with Crippen LogP contribution in [0.2, 0.25) is 0 Å². The Morgan fingerprint density at radius 3 is 2.27 bits per heavy atom. The average Bonchev–Trinajstić information content (AvgIpc) is 2.67. The van der Waals surface area contributed by atoms with E-state index in [1.54, 1.807) is 12.0 Å². The molecule has 0 bridgehead atoms. The van der Waals surface area contributed by atoms with Crippen LogP contribution in [0.5, 0.6) is 0 Å². The molecule has 7 nitrogen and oxygen atoms in total. The second-order valence-corrected chi connectivity index (χ2v) is 6.09. The Morgan fingerprint density at radius 1 is 1.08 bits per heavy atom. The van der Waals surface area contributed by atoms with Crippen molar-refractivity contribution in [3.05, 3.63) is 35.4 Å². The highest BCUT2D eigenvalue weighted by Crippen LogP contribution is 2.09. The third-order valence-electron chi connectivity index (χ3n) is 4.19. The van der Waals surface area contributed by atoms with Gasteiger partial charge in [-0.25, -0.2) is 9.79 Å². The van der Waals surface area contributed by atoms with Gasteiger partial charge in [0.1, 0.15) is 0 Å². The topological polar surface area (TPSA) is 66.4 Å². The first-order chi connectivity index (χ1) is 12.7. The van der Waals surface area contributed by atoms with Crippen molar-refractivity contribution in [2.24, 2.45) is 4.99 Å². The summed E-state index contributed by atoms with van der Waals surface area (Å²) in [5.74, 6) is 0.886. The zero-order valence-electron chi connectivity index (χ0n) is 16.0. The molecule has 0 aliphatic carbocycles. The molecule has 0 spiro atoms. The third-order valence-corrected chi connectivity index (χ3v) is 4.19. The van der Waals surface area contributed by atoms with E-state index in [-0.39, 0.29) is 6.09 Å². The molecule has 1 aliphatic heterocycles. The Morgan fingerprint density at radius 2 is 1.69 bits per heavy atom. The molecule has 2 rings (SSSR count). The summed E-state index contributed by atoms with van der Waals surface area (Å²) in [7, 11) is 1.70. The molecule has 0 saturated carbocycles. The van der Waals surface area contributed by atoms with E-state index in [1.807, 2.05) is 6.92 Å². The highest BCUT2D eigenvalue weighted by molar-refractivity contribution is 5.80. The molecule has 0 unspecified atom stereocenters. The number of benzene rings is 1. The maximum absolute atomic E-state index is 11.8. The fraction of sp³-hybridized carbons (Fsp3) is 0.579. The normalized spacial score (nSPS) is 15.1. The van der Waals surface area contributed by atoms with Crippen LogP contribution in [0.4, 0.5) is 4.79 Å². The molecule has 1 heterocycles. The molecule has 1 fully saturated rings. The molecule has 0 aromatic heterocycles. The van der Waals surface area contributed by atoms with E-state index in [4.69, 9.17) is 14.5 Å². The van der Waals surface area contributed by atoms with Crippen LogP contribution in [-0.2, 0) is 22.6 Å². The smallest absolute Gasteiger partial charge is 0.409 e. The number of carbonyl (C=O) groups excluding carboxylic acids is 1. The molecule has 1 N–H and O–H groups in total. The van der Waals surface area contributed by atoms with Crippen molar-refractivity contribution in [2.45, 2.75) is 27.0 Å². The number of nitrogens with one attached hydrogen (secondary N) is 1. The lowest BCUT2D eigenvalue weighted by Gasteiger charge is -2.35. The Hall–Kier alpha value is -2.28. The summed E-state index contributed by atoms with van der Waals surface area (Å²) in [4.78, 5) is 20.5. The van der Waals surface area contributed by atoms with Crippen molar-refractivity contribution in [3.63, 3.8) is 0 Å². The first-order valence-corrected chi connectivity index (χ1v) is 9.19. The minimum Gasteiger partial charge on any atom is -0.450 e. The van der Waals surface area contributed by atoms with E-state index < -0.39 is 0 Å². The van der Waals surface area contributed by atoms with Crippen LogP contribution in [-0.4, -0.2) is 68.3 Å². The quantitative estimate of drug-likeness (QED) is 0.620. The van der Waals surface area contributed by atoms with Gasteiger partial charge in [-0.2, -0.15) is 0 Å². The number of piperazine rings is 1. The molecule has 1 saturated heterocycles. The van der Waals surface area contributed by atoms with Gasteiger partial charge in [-0.15, -0.1) is 0 Å². The van der Waals surface area contributed by atoms with Gasteiger partial charge in [-0.05, 0) is 25.0 Å². The summed E-state index contributed by atoms with van der Waals surface area (Å²) in [6.07, 6.45) is -0.231. The summed E-state index contributed by atoms with van der Waals surface area (Å²) >= 11 is 0. The molecule has 144 valence electrons. The third kappa shape index (κ3) is 5.91. The van der Waals surface area contributed by atoms with Crippen LogP contribution in [0.3, 0.4) is 0 Å². The van der Waals surface area contributed by atoms with E-state index >= 15 is 0 Å². The summed E-state index contributed by atoms with van der Waals surface area (Å²) in [5.41, 5.74) is 2.31. The first-order valence-electron chi connectivity index (χ1n) is 9.19. The molecular formula is C19H30N4O3. The molecular weight excluding hydrogens is 332 g/mol. The van der Waals surface area contributed by atoms with E-state index in [2.05, 4.69) is 41.4 Å². The number of methoxy groups -OCH3 is 1. The number of hydrogen-bond acceptors (Lipinski definition) is 4. The van der Waals surface area contributed by atoms with E-state index in [1.165, 1.54) is 0 Å². The number of amides is 1. The van der Waals surface area contributed by atoms with Gasteiger partial charge in [0.25, 0.3) is 0 Å². The minimum atomic E-state index is -0.231. The zero-order valence-corrected chi connectivity index (χ0v) is 16.0. The van der Waals surface area contributed by atoms with Crippen LogP contribution in [0, 0.1) is 0 Å². The number of nitrogens with zero attached hydrogens (tertiary/aromatic N) is 3. The number of aliphatic imine (C=N–C) groups is 1. The highest BCUT2D eigenvalue weighted by Gasteiger charge is 2.23. The van der Waals surface area contributed by atoms with Crippen molar-refractivity contribution in [3.8, 4) is 0 Å². The van der Waals surface area contributed by atoms with Gasteiger partial charge in [-0.1, -0.05) is 24.3 Å². The summed E-state index contributed by atoms with van der Waals surface area (Å²) in [5, 5.41) is 3.34. The molecule has 1 aliphatic rings. The van der Waals surface area contributed by atoms with Crippen molar-refractivity contribution >= 4 is 12.1 Å². The van der Waals surface area contributed by atoms with Gasteiger partial charge in [-0.3, -0.25) is 0 Å². The van der Waals surface area contributed by atoms with Gasteiger partial charge >= 0.3 is 6.09 Å². The SMILES string of the molecule is CCNC(=NCc1ccc(COC)cc1)N1CCN(C(=O)OCC)CC1. The number of rotatable bonds is 6. The number of ether oxygens (including phenoxy) is 2. The minimum absolute atomic E-state index is 0.231. The monoisotopic (exact) mass is 362 g/mol. The lowest BCUT2D eigenvalue weighted by atomic mass is 10.1. The molecule has 26 heavy (non-hydrogen) atoms. The van der Waals surface area contributed by atoms with Crippen molar-refractivity contribution in [1.82, 2.24) is 15.1 Å². The van der Waals surface area contributed by atoms with Crippen LogP contribution in [0.25, 0.3) is 0 Å². The fourth-order valence-electron chi connectivity index (χ4n) is 2.82. The van der Waals surface area contributed by atoms with E-state index in [9.17, 15) is 4.79 Å². The number of guanidine groups is 1. The van der Waals surface area contributed by atoms with E-state index in [0.29, 0.717) is 32.8 Å². The second-order valence-electron chi connectivity index (χ2n) is 6.09. The molecule has 0 radical (unpaired) electrons. The maximum Gasteiger partial charge on any atom is 0.409 e. The van der Waals surface area contributed by atoms with E-state index in [0.717, 1.165) is 36.7 Å². The summed E-state index contributed by atoms with van der Waals surface area (Å²) < 4.78 is 10.2. The van der Waals surface area contributed by atoms with Gasteiger partial charge in [0, 0.05) is 39.8 Å². The van der Waals surface area contributed by atoms with Crippen LogP contribution in [0.1, 0.15) is 25.0 Å². The largest absolute Gasteiger partial charge is 0.450 e. The van der Waals surface area contributed by atoms with Gasteiger partial charge < -0.3 is 24.6 Å². The Bertz CT molecular complexity index is 581. The average molecular weight is 362 g/mol. The number of carbonyl (C=O) groups is 1. The summed E-state index contributed by atoms with van der Waals surface area (Å²) in [6.45, 7) is 9.13. The maximum atomic E-state index is 11.8. The Kier molecular flexibility index (Phi) is 8.21. The van der Waals surface area contributed by atoms with Crippen LogP contribution < -0.4 is 5.32 Å². The van der Waals surface area contributed by atoms with Gasteiger partial charge in [0.05, 0.1) is 19.8 Å².